The van der Waals surface area contributed by atoms with Gasteiger partial charge in [0.15, 0.2) is 5.22 Å². The molecule has 0 bridgehead atoms. The Morgan fingerprint density at radius 1 is 1.33 bits per heavy atom. The van der Waals surface area contributed by atoms with Gasteiger partial charge in [-0.1, -0.05) is 0 Å². The van der Waals surface area contributed by atoms with Crippen molar-refractivity contribution in [1.29, 1.82) is 0 Å². The van der Waals surface area contributed by atoms with Gasteiger partial charge in [0.2, 0.25) is 0 Å². The molecule has 1 aromatic heterocycles. The molecule has 0 spiro atoms. The van der Waals surface area contributed by atoms with Crippen LogP contribution in [-0.2, 0) is 0 Å². The molecule has 2 rings (SSSR count). The van der Waals surface area contributed by atoms with Crippen molar-refractivity contribution in [3.63, 3.8) is 0 Å². The molecule has 1 aliphatic heterocycles. The molecule has 2 heterocycles. The molecule has 0 amide bonds. The number of nitrogens with one attached hydrogen (secondary N) is 1. The maximum Gasteiger partial charge on any atom is 0.391 e. The lowest BCUT2D eigenvalue weighted by Gasteiger charge is -2.34. The Balaban J connectivity index is 2.16. The molecule has 0 saturated carbocycles. The lowest BCUT2D eigenvalue weighted by atomic mass is 10.1. The average Bonchev–Trinajstić information content (AvgIpc) is 2.73. The van der Waals surface area contributed by atoms with Crippen LogP contribution in [0.15, 0.2) is 16.5 Å². The predicted molar refractivity (Wildman–Crippen MR) is 61.6 cm³/mol. The first-order valence-electron chi connectivity index (χ1n) is 5.72. The molecular weight excluding hydrogens is 269 g/mol. The molecule has 1 atom stereocenters. The van der Waals surface area contributed by atoms with Crippen LogP contribution in [0, 0.1) is 0 Å². The normalized spacial score (nSPS) is 20.0. The zero-order valence-corrected chi connectivity index (χ0v) is 10.4. The fraction of sp³-hybridized carbons (Fsp3) is 0.636. The summed E-state index contributed by atoms with van der Waals surface area (Å²) in [6, 6.07) is 2.20. The second-order valence-electron chi connectivity index (χ2n) is 4.26. The van der Waals surface area contributed by atoms with Crippen molar-refractivity contribution in [2.24, 2.45) is 0 Å². The molecule has 1 aromatic rings. The fourth-order valence-electron chi connectivity index (χ4n) is 2.13. The van der Waals surface area contributed by atoms with Gasteiger partial charge in [-0.3, -0.25) is 4.90 Å². The third kappa shape index (κ3) is 3.63. The summed E-state index contributed by atoms with van der Waals surface area (Å²) in [7, 11) is 0. The van der Waals surface area contributed by atoms with E-state index < -0.39 is 18.6 Å². The molecule has 1 saturated heterocycles. The highest BCUT2D eigenvalue weighted by Crippen LogP contribution is 2.35. The van der Waals surface area contributed by atoms with Gasteiger partial charge in [-0.2, -0.15) is 13.2 Å². The largest absolute Gasteiger partial charge is 0.448 e. The summed E-state index contributed by atoms with van der Waals surface area (Å²) in [5.74, 6) is 0.277. The van der Waals surface area contributed by atoms with Gasteiger partial charge in [-0.15, -0.1) is 0 Å². The molecule has 0 aromatic carbocycles. The van der Waals surface area contributed by atoms with Crippen LogP contribution in [-0.4, -0.2) is 37.3 Å². The van der Waals surface area contributed by atoms with Gasteiger partial charge in [-0.05, 0) is 23.7 Å². The van der Waals surface area contributed by atoms with Crippen molar-refractivity contribution in [2.75, 3.05) is 26.2 Å². The summed E-state index contributed by atoms with van der Waals surface area (Å²) < 4.78 is 43.1. The zero-order chi connectivity index (χ0) is 13.2. The van der Waals surface area contributed by atoms with Gasteiger partial charge in [0.05, 0.1) is 12.5 Å². The standard InChI is InChI=1S/C11H14ClF3N2O/c12-10-2-1-9(18-10)8(7-11(13,14)15)17-5-3-16-4-6-17/h1-2,8,16H,3-7H2/t8-/m1/s1. The van der Waals surface area contributed by atoms with E-state index in [1.807, 2.05) is 0 Å². The molecule has 18 heavy (non-hydrogen) atoms. The van der Waals surface area contributed by atoms with Gasteiger partial charge in [0.1, 0.15) is 5.76 Å². The van der Waals surface area contributed by atoms with Crippen molar-refractivity contribution < 1.29 is 17.6 Å². The van der Waals surface area contributed by atoms with Crippen LogP contribution in [0.1, 0.15) is 18.2 Å². The number of rotatable bonds is 3. The minimum atomic E-state index is -4.23. The molecule has 0 radical (unpaired) electrons. The SMILES string of the molecule is FC(F)(F)C[C@H](c1ccc(Cl)o1)N1CCNCC1. The molecule has 1 N–H and O–H groups in total. The molecule has 1 aliphatic rings. The first-order chi connectivity index (χ1) is 8.46. The summed E-state index contributed by atoms with van der Waals surface area (Å²) >= 11 is 5.64. The number of hydrogen-bond acceptors (Lipinski definition) is 3. The van der Waals surface area contributed by atoms with E-state index in [0.717, 1.165) is 0 Å². The highest BCUT2D eigenvalue weighted by Gasteiger charge is 2.37. The van der Waals surface area contributed by atoms with Crippen molar-refractivity contribution in [2.45, 2.75) is 18.6 Å². The lowest BCUT2D eigenvalue weighted by molar-refractivity contribution is -0.150. The van der Waals surface area contributed by atoms with Crippen LogP contribution in [0.4, 0.5) is 13.2 Å². The van der Waals surface area contributed by atoms with Gasteiger partial charge < -0.3 is 9.73 Å². The van der Waals surface area contributed by atoms with Gasteiger partial charge in [0.25, 0.3) is 0 Å². The van der Waals surface area contributed by atoms with E-state index in [4.69, 9.17) is 16.0 Å². The maximum absolute atomic E-state index is 12.6. The quantitative estimate of drug-likeness (QED) is 0.924. The first-order valence-corrected chi connectivity index (χ1v) is 6.10. The van der Waals surface area contributed by atoms with Crippen LogP contribution < -0.4 is 5.32 Å². The smallest absolute Gasteiger partial charge is 0.391 e. The van der Waals surface area contributed by atoms with E-state index in [1.165, 1.54) is 12.1 Å². The van der Waals surface area contributed by atoms with E-state index in [0.29, 0.717) is 26.2 Å². The van der Waals surface area contributed by atoms with E-state index in [-0.39, 0.29) is 11.0 Å². The summed E-state index contributed by atoms with van der Waals surface area (Å²) in [4.78, 5) is 1.78. The van der Waals surface area contributed by atoms with Crippen LogP contribution in [0.25, 0.3) is 0 Å². The van der Waals surface area contributed by atoms with Crippen LogP contribution in [0.5, 0.6) is 0 Å². The van der Waals surface area contributed by atoms with Gasteiger partial charge >= 0.3 is 6.18 Å². The monoisotopic (exact) mass is 282 g/mol. The summed E-state index contributed by atoms with van der Waals surface area (Å²) in [6.07, 6.45) is -5.15. The Morgan fingerprint density at radius 2 is 2.00 bits per heavy atom. The number of hydrogen-bond donors (Lipinski definition) is 1. The number of furan rings is 1. The highest BCUT2D eigenvalue weighted by atomic mass is 35.5. The first kappa shape index (κ1) is 13.7. The van der Waals surface area contributed by atoms with Gasteiger partial charge in [0, 0.05) is 26.2 Å². The van der Waals surface area contributed by atoms with Crippen LogP contribution in [0.3, 0.4) is 0 Å². The highest BCUT2D eigenvalue weighted by molar-refractivity contribution is 6.28. The summed E-state index contributed by atoms with van der Waals surface area (Å²) in [5, 5.41) is 3.23. The van der Waals surface area contributed by atoms with Gasteiger partial charge in [-0.25, -0.2) is 0 Å². The molecule has 0 aliphatic carbocycles. The third-order valence-electron chi connectivity index (χ3n) is 2.94. The third-order valence-corrected chi connectivity index (χ3v) is 3.14. The minimum Gasteiger partial charge on any atom is -0.448 e. The van der Waals surface area contributed by atoms with Crippen molar-refractivity contribution in [3.05, 3.63) is 23.1 Å². The second kappa shape index (κ2) is 5.50. The van der Waals surface area contributed by atoms with E-state index >= 15 is 0 Å². The van der Waals surface area contributed by atoms with Crippen LogP contribution in [0.2, 0.25) is 5.22 Å². The molecule has 7 heteroatoms. The fourth-order valence-corrected chi connectivity index (χ4v) is 2.28. The van der Waals surface area contributed by atoms with Crippen molar-refractivity contribution in [1.82, 2.24) is 10.2 Å². The second-order valence-corrected chi connectivity index (χ2v) is 4.64. The number of alkyl halides is 3. The van der Waals surface area contributed by atoms with E-state index in [1.54, 1.807) is 4.90 Å². The summed E-state index contributed by atoms with van der Waals surface area (Å²) in [5.41, 5.74) is 0. The van der Waals surface area contributed by atoms with Crippen molar-refractivity contribution in [3.8, 4) is 0 Å². The Labute approximate surface area is 108 Å². The number of halogens is 4. The minimum absolute atomic E-state index is 0.118. The zero-order valence-electron chi connectivity index (χ0n) is 9.63. The lowest BCUT2D eigenvalue weighted by Crippen LogP contribution is -2.46. The summed E-state index contributed by atoms with van der Waals surface area (Å²) in [6.45, 7) is 2.50. The van der Waals surface area contributed by atoms with E-state index in [9.17, 15) is 13.2 Å². The average molecular weight is 283 g/mol. The topological polar surface area (TPSA) is 28.4 Å². The number of piperazine rings is 1. The Kier molecular flexibility index (Phi) is 4.19. The Bertz CT molecular complexity index is 388. The molecule has 3 nitrogen and oxygen atoms in total. The molecular formula is C11H14ClF3N2O. The maximum atomic E-state index is 12.6. The predicted octanol–water partition coefficient (Wildman–Crippen LogP) is 2.83. The van der Waals surface area contributed by atoms with Crippen LogP contribution >= 0.6 is 11.6 Å². The molecule has 1 fully saturated rings. The molecule has 0 unspecified atom stereocenters. The molecule has 102 valence electrons. The number of nitrogens with zero attached hydrogens (tertiary/aromatic N) is 1. The van der Waals surface area contributed by atoms with E-state index in [2.05, 4.69) is 5.32 Å². The van der Waals surface area contributed by atoms with Crippen molar-refractivity contribution >= 4 is 11.6 Å². The Hall–Kier alpha value is -0.720. The Morgan fingerprint density at radius 3 is 2.50 bits per heavy atom.